The summed E-state index contributed by atoms with van der Waals surface area (Å²) >= 11 is 0. The van der Waals surface area contributed by atoms with Crippen molar-refractivity contribution < 1.29 is 26.7 Å². The summed E-state index contributed by atoms with van der Waals surface area (Å²) in [6, 6.07) is 7.69. The van der Waals surface area contributed by atoms with E-state index >= 15 is 0 Å². The Bertz CT molecular complexity index is 1140. The number of benzene rings is 2. The van der Waals surface area contributed by atoms with E-state index in [1.54, 1.807) is 24.3 Å². The second-order valence-electron chi connectivity index (χ2n) is 7.68. The van der Waals surface area contributed by atoms with Crippen LogP contribution in [0.25, 0.3) is 0 Å². The zero-order valence-electron chi connectivity index (χ0n) is 16.9. The highest BCUT2D eigenvalue weighted by molar-refractivity contribution is 5.98. The van der Waals surface area contributed by atoms with Gasteiger partial charge in [0.1, 0.15) is 11.4 Å². The smallest absolute Gasteiger partial charge is 0.363 e. The third kappa shape index (κ3) is 4.30. The van der Waals surface area contributed by atoms with Crippen molar-refractivity contribution in [1.82, 2.24) is 15.1 Å². The van der Waals surface area contributed by atoms with Crippen molar-refractivity contribution in [2.45, 2.75) is 38.1 Å². The minimum Gasteiger partial charge on any atom is -0.363 e. The van der Waals surface area contributed by atoms with Gasteiger partial charge in [0.15, 0.2) is 17.7 Å². The van der Waals surface area contributed by atoms with Gasteiger partial charge in [0.05, 0.1) is 12.2 Å². The van der Waals surface area contributed by atoms with Crippen LogP contribution in [0.15, 0.2) is 48.7 Å². The molecule has 10 heteroatoms. The van der Waals surface area contributed by atoms with Crippen LogP contribution >= 0.6 is 0 Å². The van der Waals surface area contributed by atoms with Gasteiger partial charge < -0.3 is 10.6 Å². The maximum atomic E-state index is 13.8. The summed E-state index contributed by atoms with van der Waals surface area (Å²) in [5, 5.41) is 9.33. The van der Waals surface area contributed by atoms with E-state index in [4.69, 9.17) is 0 Å². The number of anilines is 1. The Morgan fingerprint density at radius 3 is 2.53 bits per heavy atom. The van der Waals surface area contributed by atoms with Crippen molar-refractivity contribution in [3.8, 4) is 0 Å². The number of halogens is 5. The van der Waals surface area contributed by atoms with Crippen molar-refractivity contribution in [2.75, 3.05) is 5.32 Å². The lowest BCUT2D eigenvalue weighted by atomic mass is 9.96. The normalized spacial score (nSPS) is 18.1. The first-order valence-corrected chi connectivity index (χ1v) is 9.83. The number of aromatic nitrogens is 2. The van der Waals surface area contributed by atoms with Crippen LogP contribution in [0.3, 0.4) is 0 Å². The SMILES string of the molecule is Cc1ccc([C@H]2C[C@@H](C(F)(F)F)n3ncc(C(=O)NCc4ccc(F)c(F)c4)c3N2)cc1. The maximum Gasteiger partial charge on any atom is 0.410 e. The number of hydrogen-bond acceptors (Lipinski definition) is 3. The monoisotopic (exact) mass is 450 g/mol. The first-order valence-electron chi connectivity index (χ1n) is 9.83. The predicted molar refractivity (Wildman–Crippen MR) is 107 cm³/mol. The van der Waals surface area contributed by atoms with E-state index in [9.17, 15) is 26.7 Å². The average Bonchev–Trinajstić information content (AvgIpc) is 3.17. The van der Waals surface area contributed by atoms with Gasteiger partial charge in [0.25, 0.3) is 5.91 Å². The number of hydrogen-bond donors (Lipinski definition) is 2. The topological polar surface area (TPSA) is 59.0 Å². The van der Waals surface area contributed by atoms with E-state index in [1.165, 1.54) is 6.07 Å². The van der Waals surface area contributed by atoms with Crippen LogP contribution < -0.4 is 10.6 Å². The molecule has 168 valence electrons. The largest absolute Gasteiger partial charge is 0.410 e. The summed E-state index contributed by atoms with van der Waals surface area (Å²) in [6.07, 6.45) is -3.78. The van der Waals surface area contributed by atoms with Crippen LogP contribution in [-0.2, 0) is 6.54 Å². The highest BCUT2D eigenvalue weighted by Crippen LogP contribution is 2.44. The molecular formula is C22H19F5N4O. The quantitative estimate of drug-likeness (QED) is 0.547. The molecule has 0 saturated heterocycles. The molecule has 0 aliphatic carbocycles. The van der Waals surface area contributed by atoms with E-state index in [-0.39, 0.29) is 24.3 Å². The fourth-order valence-electron chi connectivity index (χ4n) is 3.67. The van der Waals surface area contributed by atoms with Gasteiger partial charge in [-0.15, -0.1) is 0 Å². The number of carbonyl (C=O) groups excluding carboxylic acids is 1. The standard InChI is InChI=1S/C22H19F5N4O/c1-12-2-5-14(6-3-12)18-9-19(22(25,26)27)31-20(30-18)15(11-29-31)21(32)28-10-13-4-7-16(23)17(24)8-13/h2-8,11,18-19,30H,9-10H2,1H3,(H,28,32)/t18-,19+/m1/s1. The Kier molecular flexibility index (Phi) is 5.62. The zero-order valence-corrected chi connectivity index (χ0v) is 16.9. The molecule has 2 N–H and O–H groups in total. The Morgan fingerprint density at radius 1 is 1.16 bits per heavy atom. The molecular weight excluding hydrogens is 431 g/mol. The van der Waals surface area contributed by atoms with Gasteiger partial charge in [-0.3, -0.25) is 4.79 Å². The minimum atomic E-state index is -4.56. The zero-order chi connectivity index (χ0) is 23.0. The Labute approximate surface area is 180 Å². The fraction of sp³-hybridized carbons (Fsp3) is 0.273. The van der Waals surface area contributed by atoms with E-state index in [2.05, 4.69) is 15.7 Å². The summed E-state index contributed by atoms with van der Waals surface area (Å²) in [4.78, 5) is 12.7. The average molecular weight is 450 g/mol. The molecule has 0 fully saturated rings. The summed E-state index contributed by atoms with van der Waals surface area (Å²) in [6.45, 7) is 1.74. The van der Waals surface area contributed by atoms with E-state index in [0.717, 1.165) is 28.6 Å². The number of nitrogens with one attached hydrogen (secondary N) is 2. The molecule has 2 atom stereocenters. The van der Waals surface area contributed by atoms with Gasteiger partial charge >= 0.3 is 6.18 Å². The lowest BCUT2D eigenvalue weighted by Gasteiger charge is -2.34. The summed E-state index contributed by atoms with van der Waals surface area (Å²) in [5.74, 6) is -2.81. The lowest BCUT2D eigenvalue weighted by molar-refractivity contribution is -0.173. The van der Waals surface area contributed by atoms with Crippen LogP contribution in [0.2, 0.25) is 0 Å². The lowest BCUT2D eigenvalue weighted by Crippen LogP contribution is -2.36. The maximum absolute atomic E-state index is 13.8. The Hall–Kier alpha value is -3.43. The number of amides is 1. The summed E-state index contributed by atoms with van der Waals surface area (Å²) in [7, 11) is 0. The van der Waals surface area contributed by atoms with Gasteiger partial charge in [-0.05, 0) is 30.2 Å². The molecule has 0 unspecified atom stereocenters. The van der Waals surface area contributed by atoms with Gasteiger partial charge in [0.2, 0.25) is 0 Å². The van der Waals surface area contributed by atoms with Crippen molar-refractivity contribution in [3.05, 3.63) is 82.5 Å². The Balaban J connectivity index is 1.60. The third-order valence-electron chi connectivity index (χ3n) is 5.40. The van der Waals surface area contributed by atoms with Crippen LogP contribution in [-0.4, -0.2) is 21.9 Å². The molecule has 0 saturated carbocycles. The third-order valence-corrected chi connectivity index (χ3v) is 5.40. The van der Waals surface area contributed by atoms with E-state index in [0.29, 0.717) is 11.1 Å². The fourth-order valence-corrected chi connectivity index (χ4v) is 3.67. The number of alkyl halides is 3. The number of carbonyl (C=O) groups is 1. The molecule has 5 nitrogen and oxygen atoms in total. The van der Waals surface area contributed by atoms with Crippen LogP contribution in [0.5, 0.6) is 0 Å². The molecule has 1 aliphatic rings. The van der Waals surface area contributed by atoms with Crippen LogP contribution in [0, 0.1) is 18.6 Å². The van der Waals surface area contributed by atoms with E-state index in [1.807, 2.05) is 6.92 Å². The van der Waals surface area contributed by atoms with Crippen molar-refractivity contribution in [1.29, 1.82) is 0 Å². The number of aryl methyl sites for hydroxylation is 1. The van der Waals surface area contributed by atoms with Gasteiger partial charge in [-0.1, -0.05) is 35.9 Å². The number of nitrogens with zero attached hydrogens (tertiary/aromatic N) is 2. The molecule has 2 aromatic carbocycles. The van der Waals surface area contributed by atoms with Crippen molar-refractivity contribution in [3.63, 3.8) is 0 Å². The molecule has 3 aromatic rings. The van der Waals surface area contributed by atoms with E-state index < -0.39 is 35.8 Å². The highest BCUT2D eigenvalue weighted by atomic mass is 19.4. The first-order chi connectivity index (χ1) is 15.1. The molecule has 0 bridgehead atoms. The summed E-state index contributed by atoms with van der Waals surface area (Å²) in [5.41, 5.74) is 1.86. The minimum absolute atomic E-state index is 0.0491. The molecule has 1 amide bonds. The van der Waals surface area contributed by atoms with Gasteiger partial charge in [-0.25, -0.2) is 13.5 Å². The van der Waals surface area contributed by atoms with Gasteiger partial charge in [0, 0.05) is 13.0 Å². The number of fused-ring (bicyclic) bond motifs is 1. The van der Waals surface area contributed by atoms with Crippen molar-refractivity contribution in [2.24, 2.45) is 0 Å². The molecule has 0 spiro atoms. The highest BCUT2D eigenvalue weighted by Gasteiger charge is 2.47. The second-order valence-corrected chi connectivity index (χ2v) is 7.68. The van der Waals surface area contributed by atoms with Crippen LogP contribution in [0.1, 0.15) is 45.6 Å². The molecule has 4 rings (SSSR count). The molecule has 1 aromatic heterocycles. The molecule has 1 aliphatic heterocycles. The molecule has 2 heterocycles. The van der Waals surface area contributed by atoms with Crippen LogP contribution in [0.4, 0.5) is 27.8 Å². The van der Waals surface area contributed by atoms with Crippen molar-refractivity contribution >= 4 is 11.7 Å². The number of rotatable bonds is 4. The first kappa shape index (κ1) is 21.8. The van der Waals surface area contributed by atoms with Gasteiger partial charge in [-0.2, -0.15) is 18.3 Å². The Morgan fingerprint density at radius 2 is 1.88 bits per heavy atom. The second kappa shape index (κ2) is 8.25. The molecule has 0 radical (unpaired) electrons. The predicted octanol–water partition coefficient (Wildman–Crippen LogP) is 5.06. The summed E-state index contributed by atoms with van der Waals surface area (Å²) < 4.78 is 68.5. The molecule has 32 heavy (non-hydrogen) atoms.